The zero-order chi connectivity index (χ0) is 15.7. The van der Waals surface area contributed by atoms with Crippen LogP contribution in [-0.4, -0.2) is 37.6 Å². The van der Waals surface area contributed by atoms with Gasteiger partial charge in [-0.3, -0.25) is 0 Å². The van der Waals surface area contributed by atoms with Crippen LogP contribution in [-0.2, 0) is 0 Å². The number of nitrogens with two attached hydrogens (primary N) is 1. The Hall–Kier alpha value is -1.06. The summed E-state index contributed by atoms with van der Waals surface area (Å²) in [6, 6.07) is 8.74. The molecule has 0 spiro atoms. The zero-order valence-electron chi connectivity index (χ0n) is 14.3. The summed E-state index contributed by atoms with van der Waals surface area (Å²) in [5.41, 5.74) is 8.87. The molecule has 1 rings (SSSR count). The highest BCUT2D eigenvalue weighted by atomic mass is 15.1. The third kappa shape index (κ3) is 5.33. The molecule has 0 heterocycles. The molecule has 1 aromatic carbocycles. The number of nitrogens with zero attached hydrogens (tertiary/aromatic N) is 2. The van der Waals surface area contributed by atoms with Gasteiger partial charge in [-0.2, -0.15) is 0 Å². The van der Waals surface area contributed by atoms with E-state index in [1.54, 1.807) is 0 Å². The predicted molar refractivity (Wildman–Crippen MR) is 94.0 cm³/mol. The van der Waals surface area contributed by atoms with Gasteiger partial charge in [0.2, 0.25) is 0 Å². The summed E-state index contributed by atoms with van der Waals surface area (Å²) in [6.45, 7) is 14.4. The smallest absolute Gasteiger partial charge is 0.0414 e. The Morgan fingerprint density at radius 3 is 2.19 bits per heavy atom. The molecule has 2 N–H and O–H groups in total. The fraction of sp³-hybridized carbons (Fsp3) is 0.667. The average Bonchev–Trinajstić information content (AvgIpc) is 2.54. The van der Waals surface area contributed by atoms with Gasteiger partial charge in [0.1, 0.15) is 0 Å². The summed E-state index contributed by atoms with van der Waals surface area (Å²) >= 11 is 0. The summed E-state index contributed by atoms with van der Waals surface area (Å²) < 4.78 is 0. The van der Waals surface area contributed by atoms with E-state index >= 15 is 0 Å². The summed E-state index contributed by atoms with van der Waals surface area (Å²) in [5, 5.41) is 0. The Morgan fingerprint density at radius 2 is 1.62 bits per heavy atom. The van der Waals surface area contributed by atoms with Gasteiger partial charge in [0.05, 0.1) is 0 Å². The van der Waals surface area contributed by atoms with Gasteiger partial charge in [0, 0.05) is 24.8 Å². The number of hydrogen-bond acceptors (Lipinski definition) is 3. The van der Waals surface area contributed by atoms with Crippen molar-refractivity contribution in [2.75, 3.05) is 37.6 Å². The first-order chi connectivity index (χ1) is 10.2. The third-order valence-electron chi connectivity index (χ3n) is 4.30. The lowest BCUT2D eigenvalue weighted by atomic mass is 10.0. The van der Waals surface area contributed by atoms with E-state index in [1.165, 1.54) is 24.2 Å². The number of anilines is 1. The van der Waals surface area contributed by atoms with Crippen LogP contribution < -0.4 is 10.6 Å². The van der Waals surface area contributed by atoms with Crippen molar-refractivity contribution in [3.63, 3.8) is 0 Å². The first-order valence-electron chi connectivity index (χ1n) is 8.49. The van der Waals surface area contributed by atoms with Gasteiger partial charge in [-0.15, -0.1) is 0 Å². The molecular weight excluding hydrogens is 258 g/mol. The van der Waals surface area contributed by atoms with Gasteiger partial charge in [-0.05, 0) is 51.0 Å². The molecule has 0 bridgehead atoms. The molecular formula is C18H33N3. The fourth-order valence-corrected chi connectivity index (χ4v) is 2.78. The van der Waals surface area contributed by atoms with Crippen molar-refractivity contribution in [1.29, 1.82) is 0 Å². The minimum absolute atomic E-state index is 0.137. The molecule has 0 unspecified atom stereocenters. The van der Waals surface area contributed by atoms with Crippen molar-refractivity contribution in [1.82, 2.24) is 4.90 Å². The van der Waals surface area contributed by atoms with E-state index in [1.807, 2.05) is 0 Å². The van der Waals surface area contributed by atoms with Crippen LogP contribution in [0.3, 0.4) is 0 Å². The Labute approximate surface area is 131 Å². The van der Waals surface area contributed by atoms with Gasteiger partial charge < -0.3 is 15.5 Å². The van der Waals surface area contributed by atoms with Crippen molar-refractivity contribution >= 4 is 5.69 Å². The number of para-hydroxylation sites is 1. The average molecular weight is 291 g/mol. The van der Waals surface area contributed by atoms with Gasteiger partial charge in [0.15, 0.2) is 0 Å². The Morgan fingerprint density at radius 1 is 0.952 bits per heavy atom. The van der Waals surface area contributed by atoms with Crippen LogP contribution in [0, 0.1) is 0 Å². The molecule has 0 saturated heterocycles. The second kappa shape index (κ2) is 9.80. The second-order valence-corrected chi connectivity index (χ2v) is 5.53. The molecule has 0 aliphatic carbocycles. The van der Waals surface area contributed by atoms with Gasteiger partial charge in [-0.25, -0.2) is 0 Å². The molecule has 0 aromatic heterocycles. The molecule has 0 aliphatic rings. The van der Waals surface area contributed by atoms with Crippen LogP contribution in [0.4, 0.5) is 5.69 Å². The summed E-state index contributed by atoms with van der Waals surface area (Å²) in [5.74, 6) is 0. The van der Waals surface area contributed by atoms with Gasteiger partial charge >= 0.3 is 0 Å². The van der Waals surface area contributed by atoms with Crippen LogP contribution >= 0.6 is 0 Å². The molecule has 0 fully saturated rings. The minimum Gasteiger partial charge on any atom is -0.371 e. The Bertz CT molecular complexity index is 388. The van der Waals surface area contributed by atoms with Crippen LogP contribution in [0.5, 0.6) is 0 Å². The van der Waals surface area contributed by atoms with Crippen LogP contribution in [0.25, 0.3) is 0 Å². The Kier molecular flexibility index (Phi) is 8.40. The molecule has 0 saturated carbocycles. The van der Waals surface area contributed by atoms with Crippen LogP contribution in [0.2, 0.25) is 0 Å². The quantitative estimate of drug-likeness (QED) is 0.714. The maximum absolute atomic E-state index is 6.27. The number of hydrogen-bond donors (Lipinski definition) is 1. The summed E-state index contributed by atoms with van der Waals surface area (Å²) in [6.07, 6.45) is 2.18. The van der Waals surface area contributed by atoms with E-state index in [4.69, 9.17) is 5.73 Å². The first kappa shape index (κ1) is 18.0. The highest BCUT2D eigenvalue weighted by Crippen LogP contribution is 2.26. The first-order valence-corrected chi connectivity index (χ1v) is 8.49. The van der Waals surface area contributed by atoms with E-state index in [9.17, 15) is 0 Å². The van der Waals surface area contributed by atoms with E-state index in [2.05, 4.69) is 61.8 Å². The fourth-order valence-electron chi connectivity index (χ4n) is 2.78. The predicted octanol–water partition coefficient (Wildman–Crippen LogP) is 3.65. The van der Waals surface area contributed by atoms with E-state index in [0.717, 1.165) is 32.6 Å². The zero-order valence-corrected chi connectivity index (χ0v) is 14.3. The van der Waals surface area contributed by atoms with E-state index in [0.29, 0.717) is 0 Å². The molecule has 0 amide bonds. The van der Waals surface area contributed by atoms with Crippen molar-refractivity contribution in [3.8, 4) is 0 Å². The van der Waals surface area contributed by atoms with Crippen LogP contribution in [0.15, 0.2) is 24.3 Å². The highest BCUT2D eigenvalue weighted by molar-refractivity contribution is 5.54. The lowest BCUT2D eigenvalue weighted by Gasteiger charge is -2.28. The van der Waals surface area contributed by atoms with Crippen LogP contribution in [0.1, 0.15) is 52.1 Å². The van der Waals surface area contributed by atoms with Crippen molar-refractivity contribution < 1.29 is 0 Å². The molecule has 120 valence electrons. The Balaban J connectivity index is 2.72. The lowest BCUT2D eigenvalue weighted by molar-refractivity contribution is 0.300. The maximum atomic E-state index is 6.27. The standard InChI is InChI=1S/C18H33N3/c1-5-17(19)16-12-9-10-13-18(16)21(8-4)15-11-14-20(6-2)7-3/h9-10,12-13,17H,5-8,11,14-15,19H2,1-4H3/t17-/m1/s1. The normalized spacial score (nSPS) is 12.7. The topological polar surface area (TPSA) is 32.5 Å². The third-order valence-corrected chi connectivity index (χ3v) is 4.30. The minimum atomic E-state index is 0.137. The van der Waals surface area contributed by atoms with Crippen molar-refractivity contribution in [2.45, 2.75) is 46.6 Å². The molecule has 1 aromatic rings. The highest BCUT2D eigenvalue weighted by Gasteiger charge is 2.13. The van der Waals surface area contributed by atoms with Gasteiger partial charge in [-0.1, -0.05) is 39.0 Å². The maximum Gasteiger partial charge on any atom is 0.0414 e. The lowest BCUT2D eigenvalue weighted by Crippen LogP contribution is -2.31. The molecule has 0 aliphatic heterocycles. The number of rotatable bonds is 10. The summed E-state index contributed by atoms with van der Waals surface area (Å²) in [4.78, 5) is 4.95. The molecule has 1 atom stereocenters. The largest absolute Gasteiger partial charge is 0.371 e. The van der Waals surface area contributed by atoms with Crippen molar-refractivity contribution in [3.05, 3.63) is 29.8 Å². The number of benzene rings is 1. The molecule has 3 heteroatoms. The molecule has 0 radical (unpaired) electrons. The van der Waals surface area contributed by atoms with E-state index in [-0.39, 0.29) is 6.04 Å². The molecule has 3 nitrogen and oxygen atoms in total. The van der Waals surface area contributed by atoms with Gasteiger partial charge in [0.25, 0.3) is 0 Å². The second-order valence-electron chi connectivity index (χ2n) is 5.53. The monoisotopic (exact) mass is 291 g/mol. The SMILES string of the molecule is CC[C@@H](N)c1ccccc1N(CC)CCCN(CC)CC. The van der Waals surface area contributed by atoms with Crippen molar-refractivity contribution in [2.24, 2.45) is 5.73 Å². The summed E-state index contributed by atoms with van der Waals surface area (Å²) in [7, 11) is 0. The van der Waals surface area contributed by atoms with E-state index < -0.39 is 0 Å². The molecule has 21 heavy (non-hydrogen) atoms.